The van der Waals surface area contributed by atoms with E-state index in [1.165, 1.54) is 12.8 Å². The lowest BCUT2D eigenvalue weighted by atomic mass is 9.89. The Kier molecular flexibility index (Phi) is 9.57. The van der Waals surface area contributed by atoms with Crippen molar-refractivity contribution in [2.75, 3.05) is 13.2 Å². The molecule has 0 aliphatic carbocycles. The Balaban J connectivity index is 0.00000300. The van der Waals surface area contributed by atoms with Crippen molar-refractivity contribution in [3.8, 4) is 11.5 Å². The number of hydrogen-bond acceptors (Lipinski definition) is 4. The number of benzene rings is 1. The number of carbonyl (C=O) groups is 1. The Bertz CT molecular complexity index is 643. The molecule has 0 radical (unpaired) electrons. The van der Waals surface area contributed by atoms with Crippen LogP contribution in [0.3, 0.4) is 0 Å². The smallest absolute Gasteiger partial charge is 0.220 e. The van der Waals surface area contributed by atoms with Crippen LogP contribution in [-0.2, 0) is 4.79 Å². The third-order valence-corrected chi connectivity index (χ3v) is 5.81. The summed E-state index contributed by atoms with van der Waals surface area (Å²) in [4.78, 5) is 12.6. The Labute approximate surface area is 181 Å². The van der Waals surface area contributed by atoms with Gasteiger partial charge in [-0.2, -0.15) is 0 Å². The van der Waals surface area contributed by atoms with Crippen LogP contribution in [0, 0.1) is 5.92 Å². The lowest BCUT2D eigenvalue weighted by Crippen LogP contribution is -2.40. The third kappa shape index (κ3) is 6.78. The number of fused-ring (bicyclic) bond motifs is 2. The Hall–Kier alpha value is -1.46. The summed E-state index contributed by atoms with van der Waals surface area (Å²) < 4.78 is 11.7. The van der Waals surface area contributed by atoms with Crippen molar-refractivity contribution in [3.05, 3.63) is 23.8 Å². The average molecular weight is 425 g/mol. The van der Waals surface area contributed by atoms with Gasteiger partial charge in [0, 0.05) is 18.5 Å². The predicted octanol–water partition coefficient (Wildman–Crippen LogP) is 4.78. The van der Waals surface area contributed by atoms with E-state index in [4.69, 9.17) is 9.47 Å². The SMILES string of the molecule is CCCOc1ccc(C(C)NC(=O)CC2CC3CCC(C2)N3)cc1OCCC.Cl. The van der Waals surface area contributed by atoms with Crippen LogP contribution >= 0.6 is 12.4 Å². The standard InChI is InChI=1S/C23H36N2O3.ClH/c1-4-10-27-21-9-6-18(15-22(21)28-11-5-2)16(3)24-23(26)14-17-12-19-7-8-20(13-17)25-19;/h6,9,15-17,19-20,25H,4-5,7-8,10-14H2,1-3H3,(H,24,26);1H. The second-order valence-electron chi connectivity index (χ2n) is 8.37. The van der Waals surface area contributed by atoms with Crippen LogP contribution in [0.4, 0.5) is 0 Å². The molecule has 6 heteroatoms. The fraction of sp³-hybridized carbons (Fsp3) is 0.696. The van der Waals surface area contributed by atoms with Crippen molar-refractivity contribution in [3.63, 3.8) is 0 Å². The monoisotopic (exact) mass is 424 g/mol. The largest absolute Gasteiger partial charge is 0.490 e. The van der Waals surface area contributed by atoms with E-state index in [1.54, 1.807) is 0 Å². The maximum Gasteiger partial charge on any atom is 0.220 e. The topological polar surface area (TPSA) is 59.6 Å². The van der Waals surface area contributed by atoms with Gasteiger partial charge >= 0.3 is 0 Å². The highest BCUT2D eigenvalue weighted by atomic mass is 35.5. The zero-order valence-electron chi connectivity index (χ0n) is 18.0. The number of hydrogen-bond donors (Lipinski definition) is 2. The number of ether oxygens (including phenoxy) is 2. The minimum Gasteiger partial charge on any atom is -0.490 e. The van der Waals surface area contributed by atoms with E-state index in [-0.39, 0.29) is 24.4 Å². The summed E-state index contributed by atoms with van der Waals surface area (Å²) in [5, 5.41) is 6.83. The van der Waals surface area contributed by atoms with Gasteiger partial charge in [-0.25, -0.2) is 0 Å². The van der Waals surface area contributed by atoms with E-state index < -0.39 is 0 Å². The summed E-state index contributed by atoms with van der Waals surface area (Å²) in [6.07, 6.45) is 7.35. The normalized spacial score (nSPS) is 23.8. The van der Waals surface area contributed by atoms with Gasteiger partial charge in [0.1, 0.15) is 0 Å². The highest BCUT2D eigenvalue weighted by molar-refractivity contribution is 5.85. The molecule has 3 atom stereocenters. The number of carbonyl (C=O) groups excluding carboxylic acids is 1. The van der Waals surface area contributed by atoms with E-state index in [9.17, 15) is 4.79 Å². The summed E-state index contributed by atoms with van der Waals surface area (Å²) in [5.41, 5.74) is 1.05. The van der Waals surface area contributed by atoms with Crippen LogP contribution in [0.5, 0.6) is 11.5 Å². The summed E-state index contributed by atoms with van der Waals surface area (Å²) in [7, 11) is 0. The second-order valence-corrected chi connectivity index (χ2v) is 8.37. The van der Waals surface area contributed by atoms with Gasteiger partial charge in [-0.1, -0.05) is 19.9 Å². The van der Waals surface area contributed by atoms with Crippen LogP contribution in [0.1, 0.15) is 77.3 Å². The van der Waals surface area contributed by atoms with Crippen molar-refractivity contribution in [2.45, 2.75) is 83.8 Å². The van der Waals surface area contributed by atoms with Crippen LogP contribution < -0.4 is 20.1 Å². The number of halogens is 1. The lowest BCUT2D eigenvalue weighted by molar-refractivity contribution is -0.122. The molecule has 2 aliphatic heterocycles. The molecule has 0 spiro atoms. The summed E-state index contributed by atoms with van der Waals surface area (Å²) in [6.45, 7) is 7.55. The van der Waals surface area contributed by atoms with Gasteiger partial charge in [0.15, 0.2) is 11.5 Å². The van der Waals surface area contributed by atoms with Crippen molar-refractivity contribution < 1.29 is 14.3 Å². The van der Waals surface area contributed by atoms with Crippen molar-refractivity contribution in [1.29, 1.82) is 0 Å². The molecule has 1 aromatic rings. The van der Waals surface area contributed by atoms with E-state index in [0.717, 1.165) is 42.7 Å². The molecule has 3 rings (SSSR count). The Morgan fingerprint density at radius 1 is 1.10 bits per heavy atom. The molecule has 164 valence electrons. The first-order valence-corrected chi connectivity index (χ1v) is 11.0. The minimum atomic E-state index is -0.0462. The highest BCUT2D eigenvalue weighted by Gasteiger charge is 2.34. The molecular formula is C23H37ClN2O3. The fourth-order valence-corrected chi connectivity index (χ4v) is 4.44. The lowest BCUT2D eigenvalue weighted by Gasteiger charge is -2.29. The molecule has 2 heterocycles. The molecule has 2 aliphatic rings. The molecule has 2 fully saturated rings. The van der Waals surface area contributed by atoms with Crippen LogP contribution in [0.2, 0.25) is 0 Å². The molecule has 2 saturated heterocycles. The van der Waals surface area contributed by atoms with Gasteiger partial charge in [0.25, 0.3) is 0 Å². The molecule has 1 aromatic carbocycles. The van der Waals surface area contributed by atoms with Gasteiger partial charge in [0.2, 0.25) is 5.91 Å². The molecule has 2 N–H and O–H groups in total. The molecule has 5 nitrogen and oxygen atoms in total. The van der Waals surface area contributed by atoms with Gasteiger partial charge in [-0.05, 0) is 69.1 Å². The fourth-order valence-electron chi connectivity index (χ4n) is 4.44. The zero-order valence-corrected chi connectivity index (χ0v) is 18.9. The molecular weight excluding hydrogens is 388 g/mol. The van der Waals surface area contributed by atoms with Gasteiger partial charge < -0.3 is 20.1 Å². The third-order valence-electron chi connectivity index (χ3n) is 5.81. The molecule has 1 amide bonds. The highest BCUT2D eigenvalue weighted by Crippen LogP contribution is 2.33. The molecule has 3 unspecified atom stereocenters. The van der Waals surface area contributed by atoms with E-state index in [2.05, 4.69) is 24.5 Å². The second kappa shape index (κ2) is 11.7. The number of rotatable bonds is 10. The van der Waals surface area contributed by atoms with E-state index >= 15 is 0 Å². The first-order chi connectivity index (χ1) is 13.6. The zero-order chi connectivity index (χ0) is 19.9. The predicted molar refractivity (Wildman–Crippen MR) is 119 cm³/mol. The number of nitrogens with one attached hydrogen (secondary N) is 2. The molecule has 0 saturated carbocycles. The first kappa shape index (κ1) is 23.8. The molecule has 29 heavy (non-hydrogen) atoms. The van der Waals surface area contributed by atoms with Gasteiger partial charge in [-0.3, -0.25) is 4.79 Å². The first-order valence-electron chi connectivity index (χ1n) is 11.0. The quantitative estimate of drug-likeness (QED) is 0.567. The van der Waals surface area contributed by atoms with Crippen LogP contribution in [-0.4, -0.2) is 31.2 Å². The summed E-state index contributed by atoms with van der Waals surface area (Å²) in [6, 6.07) is 7.21. The maximum absolute atomic E-state index is 12.6. The van der Waals surface area contributed by atoms with Crippen molar-refractivity contribution in [2.24, 2.45) is 5.92 Å². The summed E-state index contributed by atoms with van der Waals surface area (Å²) >= 11 is 0. The van der Waals surface area contributed by atoms with Gasteiger partial charge in [0.05, 0.1) is 19.3 Å². The molecule has 2 bridgehead atoms. The Morgan fingerprint density at radius 2 is 1.72 bits per heavy atom. The van der Waals surface area contributed by atoms with Crippen LogP contribution in [0.25, 0.3) is 0 Å². The summed E-state index contributed by atoms with van der Waals surface area (Å²) in [5.74, 6) is 2.21. The van der Waals surface area contributed by atoms with E-state index in [0.29, 0.717) is 37.6 Å². The van der Waals surface area contributed by atoms with E-state index in [1.807, 2.05) is 25.1 Å². The van der Waals surface area contributed by atoms with Crippen molar-refractivity contribution >= 4 is 18.3 Å². The molecule has 0 aromatic heterocycles. The number of amides is 1. The minimum absolute atomic E-state index is 0. The number of piperidine rings is 1. The van der Waals surface area contributed by atoms with Gasteiger partial charge in [-0.15, -0.1) is 12.4 Å². The Morgan fingerprint density at radius 3 is 2.34 bits per heavy atom. The van der Waals surface area contributed by atoms with Crippen molar-refractivity contribution in [1.82, 2.24) is 10.6 Å². The van der Waals surface area contributed by atoms with Crippen LogP contribution in [0.15, 0.2) is 18.2 Å². The maximum atomic E-state index is 12.6. The average Bonchev–Trinajstić information content (AvgIpc) is 3.02.